The number of hydrogen-bond donors (Lipinski definition) is 3. The van der Waals surface area contributed by atoms with E-state index in [1.54, 1.807) is 13.8 Å². The van der Waals surface area contributed by atoms with Gasteiger partial charge in [-0.15, -0.1) is 4.73 Å². The third-order valence-electron chi connectivity index (χ3n) is 5.52. The monoisotopic (exact) mass is 436 g/mol. The molecule has 3 N–H and O–H groups in total. The lowest BCUT2D eigenvalue weighted by Gasteiger charge is -2.21. The molecule has 1 aliphatic rings. The van der Waals surface area contributed by atoms with Crippen molar-refractivity contribution in [1.82, 2.24) is 10.0 Å². The molecule has 166 valence electrons. The highest BCUT2D eigenvalue weighted by Gasteiger charge is 2.31. The van der Waals surface area contributed by atoms with E-state index in [1.165, 1.54) is 12.1 Å². The van der Waals surface area contributed by atoms with Crippen LogP contribution in [0.3, 0.4) is 0 Å². The van der Waals surface area contributed by atoms with E-state index in [9.17, 15) is 19.8 Å². The van der Waals surface area contributed by atoms with Crippen molar-refractivity contribution in [2.75, 3.05) is 6.61 Å². The van der Waals surface area contributed by atoms with Crippen LogP contribution < -0.4 is 10.2 Å². The van der Waals surface area contributed by atoms with Crippen molar-refractivity contribution in [3.8, 4) is 22.9 Å². The van der Waals surface area contributed by atoms with Crippen LogP contribution in [-0.4, -0.2) is 39.7 Å². The van der Waals surface area contributed by atoms with Crippen molar-refractivity contribution in [2.45, 2.75) is 25.8 Å². The summed E-state index contributed by atoms with van der Waals surface area (Å²) in [4.78, 5) is 30.1. The molecule has 0 saturated heterocycles. The molecule has 1 heterocycles. The number of hydrogen-bond acceptors (Lipinski definition) is 6. The van der Waals surface area contributed by atoms with Gasteiger partial charge in [0, 0.05) is 18.1 Å². The lowest BCUT2D eigenvalue weighted by Crippen LogP contribution is -2.48. The number of alkyl carbamates (subject to hydrolysis) is 1. The third-order valence-corrected chi connectivity index (χ3v) is 5.52. The van der Waals surface area contributed by atoms with Crippen molar-refractivity contribution in [1.29, 1.82) is 0 Å². The highest BCUT2D eigenvalue weighted by Crippen LogP contribution is 2.44. The molecule has 1 aliphatic carbocycles. The van der Waals surface area contributed by atoms with Crippen LogP contribution in [0.1, 0.15) is 30.9 Å². The Morgan fingerprint density at radius 1 is 0.938 bits per heavy atom. The number of nitrogens with one attached hydrogen (secondary N) is 1. The van der Waals surface area contributed by atoms with E-state index >= 15 is 0 Å². The summed E-state index contributed by atoms with van der Waals surface area (Å²) in [5.41, 5.74) is 4.40. The summed E-state index contributed by atoms with van der Waals surface area (Å²) >= 11 is 0. The minimum atomic E-state index is -1.05. The molecule has 32 heavy (non-hydrogen) atoms. The zero-order valence-electron chi connectivity index (χ0n) is 17.7. The van der Waals surface area contributed by atoms with Gasteiger partial charge in [0.1, 0.15) is 12.6 Å². The average Bonchev–Trinajstić information content (AvgIpc) is 3.27. The van der Waals surface area contributed by atoms with Gasteiger partial charge in [-0.1, -0.05) is 62.4 Å². The Labute approximate surface area is 185 Å². The molecule has 2 aromatic carbocycles. The standard InChI is InChI=1S/C24H24N2O6/c1-14(2)22(23(29)32-26-20(27)11-12-21(26)28)25-24(30)31-13-19-17-9-5-3-7-15(17)16-8-4-6-10-18(16)19/h3-12,14,19,22,27-28H,13H2,1-2H3,(H,25,30). The Morgan fingerprint density at radius 3 is 2.00 bits per heavy atom. The molecule has 0 fully saturated rings. The Hall–Kier alpha value is -3.94. The lowest BCUT2D eigenvalue weighted by molar-refractivity contribution is -0.149. The Morgan fingerprint density at radius 2 is 1.47 bits per heavy atom. The quantitative estimate of drug-likeness (QED) is 0.546. The smallest absolute Gasteiger partial charge is 0.407 e. The van der Waals surface area contributed by atoms with Crippen LogP contribution in [-0.2, 0) is 9.53 Å². The molecule has 1 atom stereocenters. The summed E-state index contributed by atoms with van der Waals surface area (Å²) in [6.07, 6.45) is -0.761. The van der Waals surface area contributed by atoms with Crippen molar-refractivity contribution < 1.29 is 29.4 Å². The van der Waals surface area contributed by atoms with Crippen LogP contribution in [0.4, 0.5) is 4.79 Å². The normalized spacial score (nSPS) is 13.3. The van der Waals surface area contributed by atoms with Gasteiger partial charge in [0.15, 0.2) is 0 Å². The second-order valence-electron chi connectivity index (χ2n) is 7.95. The molecule has 0 bridgehead atoms. The molecule has 1 unspecified atom stereocenters. The highest BCUT2D eigenvalue weighted by molar-refractivity contribution is 5.82. The van der Waals surface area contributed by atoms with Crippen molar-refractivity contribution in [3.05, 3.63) is 71.8 Å². The summed E-state index contributed by atoms with van der Waals surface area (Å²) in [5, 5.41) is 21.9. The van der Waals surface area contributed by atoms with Gasteiger partial charge in [0.05, 0.1) is 0 Å². The van der Waals surface area contributed by atoms with Gasteiger partial charge in [-0.2, -0.15) is 0 Å². The number of amides is 1. The topological polar surface area (TPSA) is 110 Å². The first-order valence-electron chi connectivity index (χ1n) is 10.3. The van der Waals surface area contributed by atoms with E-state index in [4.69, 9.17) is 9.57 Å². The maximum atomic E-state index is 12.5. The Balaban J connectivity index is 1.43. The summed E-state index contributed by atoms with van der Waals surface area (Å²) in [6.45, 7) is 3.56. The maximum Gasteiger partial charge on any atom is 0.407 e. The van der Waals surface area contributed by atoms with E-state index in [2.05, 4.69) is 5.32 Å². The molecule has 3 aromatic rings. The van der Waals surface area contributed by atoms with Crippen LogP contribution >= 0.6 is 0 Å². The number of benzene rings is 2. The molecule has 1 aromatic heterocycles. The molecular weight excluding hydrogens is 412 g/mol. The molecule has 8 nitrogen and oxygen atoms in total. The van der Waals surface area contributed by atoms with E-state index in [0.717, 1.165) is 22.3 Å². The predicted octanol–water partition coefficient (Wildman–Crippen LogP) is 3.42. The van der Waals surface area contributed by atoms with Gasteiger partial charge in [-0.05, 0) is 28.2 Å². The van der Waals surface area contributed by atoms with E-state index < -0.39 is 29.9 Å². The Bertz CT molecular complexity index is 1090. The molecular formula is C24H24N2O6. The summed E-state index contributed by atoms with van der Waals surface area (Å²) in [7, 11) is 0. The fourth-order valence-corrected chi connectivity index (χ4v) is 3.91. The predicted molar refractivity (Wildman–Crippen MR) is 116 cm³/mol. The van der Waals surface area contributed by atoms with Gasteiger partial charge >= 0.3 is 12.1 Å². The van der Waals surface area contributed by atoms with E-state index in [-0.39, 0.29) is 18.4 Å². The van der Waals surface area contributed by atoms with Gasteiger partial charge in [-0.3, -0.25) is 0 Å². The molecule has 1 amide bonds. The van der Waals surface area contributed by atoms with Crippen LogP contribution in [0.25, 0.3) is 11.1 Å². The summed E-state index contributed by atoms with van der Waals surface area (Å²) in [5.74, 6) is -2.18. The molecule has 0 aliphatic heterocycles. The fraction of sp³-hybridized carbons (Fsp3) is 0.250. The number of carbonyl (C=O) groups excluding carboxylic acids is 2. The molecule has 8 heteroatoms. The van der Waals surface area contributed by atoms with Gasteiger partial charge in [0.25, 0.3) is 0 Å². The molecule has 4 rings (SSSR count). The van der Waals surface area contributed by atoms with Crippen molar-refractivity contribution >= 4 is 12.1 Å². The largest absolute Gasteiger partial charge is 0.492 e. The number of nitrogens with zero attached hydrogens (tertiary/aromatic N) is 1. The first-order valence-corrected chi connectivity index (χ1v) is 10.3. The number of rotatable bonds is 6. The zero-order chi connectivity index (χ0) is 22.8. The fourth-order valence-electron chi connectivity index (χ4n) is 3.91. The van der Waals surface area contributed by atoms with Crippen molar-refractivity contribution in [2.24, 2.45) is 5.92 Å². The first-order chi connectivity index (χ1) is 15.4. The first kappa shape index (κ1) is 21.3. The minimum Gasteiger partial charge on any atom is -0.492 e. The van der Waals surface area contributed by atoms with Crippen LogP contribution in [0.2, 0.25) is 0 Å². The number of aromatic hydroxyl groups is 2. The molecule has 0 spiro atoms. The highest BCUT2D eigenvalue weighted by atomic mass is 16.7. The number of ether oxygens (including phenoxy) is 1. The SMILES string of the molecule is CC(C)C(NC(=O)OCC1c2ccccc2-c2ccccc21)C(=O)On1c(O)ccc1O. The number of carbonyl (C=O) groups is 2. The maximum absolute atomic E-state index is 12.5. The van der Waals surface area contributed by atoms with Gasteiger partial charge in [0.2, 0.25) is 11.8 Å². The van der Waals surface area contributed by atoms with Crippen LogP contribution in [0.15, 0.2) is 60.7 Å². The molecule has 0 saturated carbocycles. The average molecular weight is 436 g/mol. The third kappa shape index (κ3) is 3.99. The van der Waals surface area contributed by atoms with E-state index in [0.29, 0.717) is 4.73 Å². The second kappa shape index (κ2) is 8.66. The Kier molecular flexibility index (Phi) is 5.77. The number of fused-ring (bicyclic) bond motifs is 3. The van der Waals surface area contributed by atoms with E-state index in [1.807, 2.05) is 48.5 Å². The number of aromatic nitrogens is 1. The lowest BCUT2D eigenvalue weighted by atomic mass is 9.98. The minimum absolute atomic E-state index is 0.105. The summed E-state index contributed by atoms with van der Waals surface area (Å²) in [6, 6.07) is 17.3. The van der Waals surface area contributed by atoms with Crippen LogP contribution in [0.5, 0.6) is 11.8 Å². The zero-order valence-corrected chi connectivity index (χ0v) is 17.7. The van der Waals surface area contributed by atoms with Gasteiger partial charge in [-0.25, -0.2) is 9.59 Å². The second-order valence-corrected chi connectivity index (χ2v) is 7.95. The van der Waals surface area contributed by atoms with Crippen molar-refractivity contribution in [3.63, 3.8) is 0 Å². The van der Waals surface area contributed by atoms with Gasteiger partial charge < -0.3 is 25.1 Å². The van der Waals surface area contributed by atoms with Crippen LogP contribution in [0, 0.1) is 5.92 Å². The molecule has 0 radical (unpaired) electrons. The summed E-state index contributed by atoms with van der Waals surface area (Å²) < 4.78 is 6.07.